The molecule has 0 aliphatic carbocycles. The van der Waals surface area contributed by atoms with Crippen molar-refractivity contribution in [3.05, 3.63) is 0 Å². The van der Waals surface area contributed by atoms with Crippen molar-refractivity contribution in [2.75, 3.05) is 20.3 Å². The van der Waals surface area contributed by atoms with Crippen molar-refractivity contribution in [3.63, 3.8) is 0 Å². The smallest absolute Gasteiger partial charge is 0.162 e. The van der Waals surface area contributed by atoms with Crippen molar-refractivity contribution in [1.29, 1.82) is 0 Å². The van der Waals surface area contributed by atoms with E-state index in [4.69, 9.17) is 14.6 Å². The van der Waals surface area contributed by atoms with Crippen LogP contribution in [0.4, 0.5) is 0 Å². The minimum atomic E-state index is -0.443. The van der Waals surface area contributed by atoms with Gasteiger partial charge >= 0.3 is 0 Å². The molecule has 1 rings (SSSR count). The van der Waals surface area contributed by atoms with Gasteiger partial charge < -0.3 is 19.7 Å². The zero-order valence-electron chi connectivity index (χ0n) is 7.27. The average Bonchev–Trinajstić information content (AvgIpc) is 2.43. The van der Waals surface area contributed by atoms with Gasteiger partial charge in [0.25, 0.3) is 0 Å². The Hall–Kier alpha value is -0.160. The van der Waals surface area contributed by atoms with Gasteiger partial charge in [0.15, 0.2) is 6.29 Å². The molecule has 0 bridgehead atoms. The second-order valence-electron chi connectivity index (χ2n) is 3.03. The van der Waals surface area contributed by atoms with Gasteiger partial charge in [0.1, 0.15) is 0 Å². The average molecular weight is 176 g/mol. The molecule has 1 aliphatic rings. The van der Waals surface area contributed by atoms with Crippen LogP contribution < -0.4 is 0 Å². The summed E-state index contributed by atoms with van der Waals surface area (Å²) in [6.07, 6.45) is 0.689. The maximum absolute atomic E-state index is 9.43. The van der Waals surface area contributed by atoms with Crippen molar-refractivity contribution < 1.29 is 19.7 Å². The third-order valence-corrected chi connectivity index (χ3v) is 2.20. The number of hydrogen-bond acceptors (Lipinski definition) is 4. The van der Waals surface area contributed by atoms with Crippen molar-refractivity contribution >= 4 is 0 Å². The van der Waals surface area contributed by atoms with Crippen molar-refractivity contribution in [2.24, 2.45) is 5.92 Å². The molecule has 4 heteroatoms. The topological polar surface area (TPSA) is 58.9 Å². The summed E-state index contributed by atoms with van der Waals surface area (Å²) in [6.45, 7) is 0.494. The fourth-order valence-corrected chi connectivity index (χ4v) is 1.52. The molecule has 0 saturated carbocycles. The molecule has 0 spiro atoms. The first kappa shape index (κ1) is 9.92. The molecule has 0 amide bonds. The number of rotatable bonds is 4. The van der Waals surface area contributed by atoms with Gasteiger partial charge in [-0.1, -0.05) is 0 Å². The summed E-state index contributed by atoms with van der Waals surface area (Å²) in [6, 6.07) is 0. The van der Waals surface area contributed by atoms with E-state index in [0.717, 1.165) is 6.42 Å². The van der Waals surface area contributed by atoms with Crippen LogP contribution in [0.3, 0.4) is 0 Å². The Morgan fingerprint density at radius 3 is 2.92 bits per heavy atom. The Morgan fingerprint density at radius 2 is 2.33 bits per heavy atom. The first-order valence-electron chi connectivity index (χ1n) is 4.23. The van der Waals surface area contributed by atoms with Gasteiger partial charge in [-0.3, -0.25) is 0 Å². The first-order valence-corrected chi connectivity index (χ1v) is 4.23. The molecule has 1 aliphatic heterocycles. The van der Waals surface area contributed by atoms with E-state index in [-0.39, 0.29) is 18.8 Å². The lowest BCUT2D eigenvalue weighted by molar-refractivity contribution is -0.112. The fraction of sp³-hybridized carbons (Fsp3) is 1.00. The monoisotopic (exact) mass is 176 g/mol. The molecule has 72 valence electrons. The second kappa shape index (κ2) is 4.77. The first-order chi connectivity index (χ1) is 5.79. The molecule has 4 nitrogen and oxygen atoms in total. The van der Waals surface area contributed by atoms with Crippen LogP contribution in [0, 0.1) is 5.92 Å². The summed E-state index contributed by atoms with van der Waals surface area (Å²) < 4.78 is 10.2. The number of methoxy groups -OCH3 is 1. The highest BCUT2D eigenvalue weighted by Gasteiger charge is 2.35. The molecular formula is C8H16O4. The number of aliphatic hydroxyl groups excluding tert-OH is 2. The molecule has 0 aromatic heterocycles. The van der Waals surface area contributed by atoms with Crippen molar-refractivity contribution in [3.8, 4) is 0 Å². The van der Waals surface area contributed by atoms with E-state index in [9.17, 15) is 5.11 Å². The van der Waals surface area contributed by atoms with Crippen LogP contribution in [0.2, 0.25) is 0 Å². The standard InChI is InChI=1S/C8H16O4/c1-11-8-6(3-2-4-9)7(10)5-12-8/h6-10H,2-5H2,1H3/t6-,7-,8-/m0/s1. The summed E-state index contributed by atoms with van der Waals surface area (Å²) in [5.41, 5.74) is 0. The lowest BCUT2D eigenvalue weighted by Gasteiger charge is -2.17. The maximum Gasteiger partial charge on any atom is 0.162 e. The van der Waals surface area contributed by atoms with Crippen LogP contribution >= 0.6 is 0 Å². The molecule has 0 radical (unpaired) electrons. The molecule has 0 aromatic rings. The van der Waals surface area contributed by atoms with Crippen molar-refractivity contribution in [1.82, 2.24) is 0 Å². The number of aliphatic hydroxyl groups is 2. The van der Waals surface area contributed by atoms with E-state index in [0.29, 0.717) is 13.0 Å². The molecule has 12 heavy (non-hydrogen) atoms. The van der Waals surface area contributed by atoms with Gasteiger partial charge in [-0.25, -0.2) is 0 Å². The minimum absolute atomic E-state index is 0.0159. The van der Waals surface area contributed by atoms with Gasteiger partial charge in [0.05, 0.1) is 12.7 Å². The predicted octanol–water partition coefficient (Wildman–Crippen LogP) is -0.261. The van der Waals surface area contributed by atoms with E-state index in [1.54, 1.807) is 7.11 Å². The quantitative estimate of drug-likeness (QED) is 0.619. The molecule has 1 saturated heterocycles. The zero-order chi connectivity index (χ0) is 8.97. The number of hydrogen-bond donors (Lipinski definition) is 2. The lowest BCUT2D eigenvalue weighted by Crippen LogP contribution is -2.25. The summed E-state index contributed by atoms with van der Waals surface area (Å²) in [4.78, 5) is 0. The van der Waals surface area contributed by atoms with Crippen LogP contribution in [-0.2, 0) is 9.47 Å². The Balaban J connectivity index is 2.35. The molecule has 0 aromatic carbocycles. The predicted molar refractivity (Wildman–Crippen MR) is 42.6 cm³/mol. The highest BCUT2D eigenvalue weighted by molar-refractivity contribution is 4.77. The summed E-state index contributed by atoms with van der Waals surface area (Å²) >= 11 is 0. The van der Waals surface area contributed by atoms with Gasteiger partial charge in [-0.15, -0.1) is 0 Å². The summed E-state index contributed by atoms with van der Waals surface area (Å²) in [5, 5.41) is 18.0. The van der Waals surface area contributed by atoms with E-state index in [2.05, 4.69) is 0 Å². The molecular weight excluding hydrogens is 160 g/mol. The van der Waals surface area contributed by atoms with E-state index in [1.807, 2.05) is 0 Å². The fourth-order valence-electron chi connectivity index (χ4n) is 1.52. The van der Waals surface area contributed by atoms with Crippen LogP contribution in [-0.4, -0.2) is 42.9 Å². The van der Waals surface area contributed by atoms with Crippen molar-refractivity contribution in [2.45, 2.75) is 25.2 Å². The Kier molecular flexibility index (Phi) is 3.94. The van der Waals surface area contributed by atoms with Gasteiger partial charge in [0.2, 0.25) is 0 Å². The van der Waals surface area contributed by atoms with Gasteiger partial charge in [0, 0.05) is 19.6 Å². The summed E-state index contributed by atoms with van der Waals surface area (Å²) in [7, 11) is 1.56. The van der Waals surface area contributed by atoms with Crippen LogP contribution in [0.25, 0.3) is 0 Å². The molecule has 0 unspecified atom stereocenters. The third kappa shape index (κ3) is 2.17. The second-order valence-corrected chi connectivity index (χ2v) is 3.03. The van der Waals surface area contributed by atoms with Crippen LogP contribution in [0.5, 0.6) is 0 Å². The maximum atomic E-state index is 9.43. The van der Waals surface area contributed by atoms with Gasteiger partial charge in [-0.05, 0) is 12.8 Å². The summed E-state index contributed by atoms with van der Waals surface area (Å²) in [5.74, 6) is 0.0159. The minimum Gasteiger partial charge on any atom is -0.396 e. The lowest BCUT2D eigenvalue weighted by atomic mass is 9.99. The highest BCUT2D eigenvalue weighted by Crippen LogP contribution is 2.25. The van der Waals surface area contributed by atoms with E-state index >= 15 is 0 Å². The Bertz CT molecular complexity index is 128. The molecule has 1 heterocycles. The van der Waals surface area contributed by atoms with Gasteiger partial charge in [-0.2, -0.15) is 0 Å². The zero-order valence-corrected chi connectivity index (χ0v) is 7.27. The van der Waals surface area contributed by atoms with E-state index < -0.39 is 6.10 Å². The molecule has 3 atom stereocenters. The van der Waals surface area contributed by atoms with Crippen LogP contribution in [0.15, 0.2) is 0 Å². The number of ether oxygens (including phenoxy) is 2. The Labute approximate surface area is 72.1 Å². The normalized spacial score (nSPS) is 35.8. The largest absolute Gasteiger partial charge is 0.396 e. The van der Waals surface area contributed by atoms with E-state index in [1.165, 1.54) is 0 Å². The SMILES string of the molecule is CO[C@H]1OC[C@H](O)[C@@H]1CCCO. The third-order valence-electron chi connectivity index (χ3n) is 2.20. The Morgan fingerprint density at radius 1 is 1.58 bits per heavy atom. The van der Waals surface area contributed by atoms with Crippen LogP contribution in [0.1, 0.15) is 12.8 Å². The molecule has 2 N–H and O–H groups in total. The highest BCUT2D eigenvalue weighted by atomic mass is 16.7. The molecule has 1 fully saturated rings.